The van der Waals surface area contributed by atoms with E-state index in [1.165, 1.54) is 11.3 Å². The van der Waals surface area contributed by atoms with Gasteiger partial charge in [0.2, 0.25) is 0 Å². The average molecular weight is 366 g/mol. The summed E-state index contributed by atoms with van der Waals surface area (Å²) in [6.07, 6.45) is 0.459. The summed E-state index contributed by atoms with van der Waals surface area (Å²) in [5.41, 5.74) is 1.71. The Balaban J connectivity index is 2.02. The first kappa shape index (κ1) is 14.3. The van der Waals surface area contributed by atoms with Crippen molar-refractivity contribution in [3.63, 3.8) is 0 Å². The Morgan fingerprint density at radius 2 is 2.05 bits per heavy atom. The lowest BCUT2D eigenvalue weighted by atomic mass is 9.92. The summed E-state index contributed by atoms with van der Waals surface area (Å²) in [6, 6.07) is 9.31. The highest BCUT2D eigenvalue weighted by molar-refractivity contribution is 9.10. The van der Waals surface area contributed by atoms with E-state index in [1.54, 1.807) is 4.90 Å². The summed E-state index contributed by atoms with van der Waals surface area (Å²) in [7, 11) is 0. The molecule has 1 aliphatic heterocycles. The van der Waals surface area contributed by atoms with E-state index in [-0.39, 0.29) is 12.5 Å². The molecule has 2 aromatic rings. The Bertz CT molecular complexity index is 712. The first-order valence-corrected chi connectivity index (χ1v) is 8.10. The minimum Gasteiger partial charge on any atom is -0.481 e. The van der Waals surface area contributed by atoms with Crippen LogP contribution in [0, 0.1) is 5.92 Å². The van der Waals surface area contributed by atoms with Crippen LogP contribution in [0.1, 0.15) is 15.2 Å². The first-order chi connectivity index (χ1) is 10.1. The van der Waals surface area contributed by atoms with Gasteiger partial charge in [0.05, 0.1) is 5.92 Å². The molecule has 0 saturated heterocycles. The van der Waals surface area contributed by atoms with Crippen molar-refractivity contribution < 1.29 is 14.7 Å². The minimum absolute atomic E-state index is 0.157. The van der Waals surface area contributed by atoms with E-state index in [1.807, 2.05) is 35.7 Å². The van der Waals surface area contributed by atoms with Crippen LogP contribution in [0.3, 0.4) is 0 Å². The predicted molar refractivity (Wildman–Crippen MR) is 85.0 cm³/mol. The van der Waals surface area contributed by atoms with Crippen LogP contribution >= 0.6 is 27.3 Å². The Hall–Kier alpha value is -1.66. The number of anilines is 1. The second kappa shape index (κ2) is 5.61. The number of carboxylic acids is 1. The Morgan fingerprint density at radius 3 is 2.71 bits per heavy atom. The third-order valence-corrected chi connectivity index (χ3v) is 5.38. The van der Waals surface area contributed by atoms with E-state index in [0.29, 0.717) is 11.3 Å². The van der Waals surface area contributed by atoms with Crippen LogP contribution < -0.4 is 4.90 Å². The molecular formula is C15H12BrNO3S. The fourth-order valence-corrected chi connectivity index (χ4v) is 4.01. The molecule has 2 heterocycles. The molecule has 1 atom stereocenters. The number of aliphatic carboxylic acids is 1. The van der Waals surface area contributed by atoms with E-state index < -0.39 is 11.9 Å². The quantitative estimate of drug-likeness (QED) is 0.886. The maximum absolute atomic E-state index is 12.7. The lowest BCUT2D eigenvalue weighted by molar-refractivity contribution is -0.141. The highest BCUT2D eigenvalue weighted by Crippen LogP contribution is 2.33. The first-order valence-electron chi connectivity index (χ1n) is 6.43. The fourth-order valence-electron chi connectivity index (χ4n) is 2.52. The average Bonchev–Trinajstić information content (AvgIpc) is 2.91. The maximum atomic E-state index is 12.7. The number of nitrogens with zero attached hydrogens (tertiary/aromatic N) is 1. The fraction of sp³-hybridized carbons (Fsp3) is 0.200. The van der Waals surface area contributed by atoms with Crippen LogP contribution in [0.5, 0.6) is 0 Å². The number of amides is 1. The molecule has 1 aromatic heterocycles. The third kappa shape index (κ3) is 2.61. The lowest BCUT2D eigenvalue weighted by Gasteiger charge is -2.32. The van der Waals surface area contributed by atoms with Crippen molar-refractivity contribution >= 4 is 44.8 Å². The zero-order valence-corrected chi connectivity index (χ0v) is 13.4. The number of hydrogen-bond acceptors (Lipinski definition) is 3. The summed E-state index contributed by atoms with van der Waals surface area (Å²) < 4.78 is 0.743. The van der Waals surface area contributed by atoms with Crippen LogP contribution in [0.4, 0.5) is 5.69 Å². The number of rotatable bonds is 2. The van der Waals surface area contributed by atoms with Crippen molar-refractivity contribution in [1.29, 1.82) is 0 Å². The topological polar surface area (TPSA) is 57.6 Å². The van der Waals surface area contributed by atoms with Gasteiger partial charge in [0.15, 0.2) is 0 Å². The second-order valence-corrected chi connectivity index (χ2v) is 6.65. The molecule has 21 heavy (non-hydrogen) atoms. The van der Waals surface area contributed by atoms with Gasteiger partial charge in [-0.1, -0.05) is 18.2 Å². The monoisotopic (exact) mass is 365 g/mol. The van der Waals surface area contributed by atoms with Gasteiger partial charge >= 0.3 is 5.97 Å². The van der Waals surface area contributed by atoms with Gasteiger partial charge in [-0.25, -0.2) is 0 Å². The highest BCUT2D eigenvalue weighted by atomic mass is 79.9. The van der Waals surface area contributed by atoms with Gasteiger partial charge in [0.1, 0.15) is 4.88 Å². The molecule has 108 valence electrons. The summed E-state index contributed by atoms with van der Waals surface area (Å²) in [6.45, 7) is 0.204. The van der Waals surface area contributed by atoms with Crippen LogP contribution in [0.15, 0.2) is 40.2 Å². The van der Waals surface area contributed by atoms with Gasteiger partial charge < -0.3 is 10.0 Å². The molecule has 1 unspecified atom stereocenters. The third-order valence-electron chi connectivity index (χ3n) is 3.56. The number of hydrogen-bond donors (Lipinski definition) is 1. The van der Waals surface area contributed by atoms with E-state index in [9.17, 15) is 14.7 Å². The molecule has 1 aromatic carbocycles. The number of carboxylic acid groups (broad SMARTS) is 1. The Labute approximate surface area is 134 Å². The standard InChI is InChI=1S/C15H12BrNO3S/c16-11-5-6-21-13(11)14(18)17-8-10(15(19)20)7-9-3-1-2-4-12(9)17/h1-6,10H,7-8H2,(H,19,20). The summed E-state index contributed by atoms with van der Waals surface area (Å²) in [5, 5.41) is 11.1. The number of halogens is 1. The number of fused-ring (bicyclic) bond motifs is 1. The van der Waals surface area contributed by atoms with Gasteiger partial charge in [-0.3, -0.25) is 9.59 Å². The molecule has 3 rings (SSSR count). The molecule has 0 fully saturated rings. The molecule has 1 amide bonds. The van der Waals surface area contributed by atoms with Crippen LogP contribution in [0.25, 0.3) is 0 Å². The number of thiophene rings is 1. The smallest absolute Gasteiger partial charge is 0.308 e. The number of carbonyl (C=O) groups excluding carboxylic acids is 1. The molecule has 0 aliphatic carbocycles. The zero-order chi connectivity index (χ0) is 15.0. The van der Waals surface area contributed by atoms with E-state index in [4.69, 9.17) is 0 Å². The van der Waals surface area contributed by atoms with Crippen molar-refractivity contribution in [2.24, 2.45) is 5.92 Å². The Morgan fingerprint density at radius 1 is 1.29 bits per heavy atom. The second-order valence-electron chi connectivity index (χ2n) is 4.88. The van der Waals surface area contributed by atoms with Gasteiger partial charge in [0.25, 0.3) is 5.91 Å². The van der Waals surface area contributed by atoms with Gasteiger partial charge in [0, 0.05) is 16.7 Å². The molecular weight excluding hydrogens is 354 g/mol. The summed E-state index contributed by atoms with van der Waals surface area (Å²) in [5.74, 6) is -1.59. The van der Waals surface area contributed by atoms with Gasteiger partial charge in [-0.15, -0.1) is 11.3 Å². The number of benzene rings is 1. The molecule has 0 bridgehead atoms. The lowest BCUT2D eigenvalue weighted by Crippen LogP contribution is -2.42. The van der Waals surface area contributed by atoms with Crippen molar-refractivity contribution in [2.75, 3.05) is 11.4 Å². The largest absolute Gasteiger partial charge is 0.481 e. The van der Waals surface area contributed by atoms with E-state index in [2.05, 4.69) is 15.9 Å². The Kier molecular flexibility index (Phi) is 3.82. The van der Waals surface area contributed by atoms with Gasteiger partial charge in [-0.05, 0) is 45.4 Å². The molecule has 6 heteroatoms. The minimum atomic E-state index is -0.868. The zero-order valence-electron chi connectivity index (χ0n) is 11.0. The number of para-hydroxylation sites is 1. The van der Waals surface area contributed by atoms with Crippen LogP contribution in [-0.4, -0.2) is 23.5 Å². The summed E-state index contributed by atoms with van der Waals surface area (Å²) in [4.78, 5) is 26.2. The van der Waals surface area contributed by atoms with Crippen LogP contribution in [-0.2, 0) is 11.2 Å². The van der Waals surface area contributed by atoms with Gasteiger partial charge in [-0.2, -0.15) is 0 Å². The molecule has 1 N–H and O–H groups in total. The molecule has 1 aliphatic rings. The predicted octanol–water partition coefficient (Wildman–Crippen LogP) is 3.41. The van der Waals surface area contributed by atoms with Crippen molar-refractivity contribution in [1.82, 2.24) is 0 Å². The molecule has 0 radical (unpaired) electrons. The highest BCUT2D eigenvalue weighted by Gasteiger charge is 2.33. The van der Waals surface area contributed by atoms with Crippen molar-refractivity contribution in [3.05, 3.63) is 50.6 Å². The molecule has 0 saturated carbocycles. The molecule has 0 spiro atoms. The normalized spacial score (nSPS) is 17.4. The number of carbonyl (C=O) groups is 2. The SMILES string of the molecule is O=C(O)C1Cc2ccccc2N(C(=O)c2sccc2Br)C1. The maximum Gasteiger partial charge on any atom is 0.308 e. The van der Waals surface area contributed by atoms with Crippen molar-refractivity contribution in [2.45, 2.75) is 6.42 Å². The summed E-state index contributed by atoms with van der Waals surface area (Å²) >= 11 is 4.71. The molecule has 4 nitrogen and oxygen atoms in total. The van der Waals surface area contributed by atoms with Crippen LogP contribution in [0.2, 0.25) is 0 Å². The van der Waals surface area contributed by atoms with Crippen molar-refractivity contribution in [3.8, 4) is 0 Å². The van der Waals surface area contributed by atoms with E-state index in [0.717, 1.165) is 15.7 Å². The van der Waals surface area contributed by atoms with E-state index >= 15 is 0 Å².